The van der Waals surface area contributed by atoms with Gasteiger partial charge >= 0.3 is 0 Å². The predicted octanol–water partition coefficient (Wildman–Crippen LogP) is 3.22. The van der Waals surface area contributed by atoms with E-state index in [0.29, 0.717) is 6.04 Å². The molecule has 18 heavy (non-hydrogen) atoms. The fourth-order valence-electron chi connectivity index (χ4n) is 1.77. The van der Waals surface area contributed by atoms with Gasteiger partial charge < -0.3 is 10.6 Å². The van der Waals surface area contributed by atoms with Crippen LogP contribution in [0.25, 0.3) is 0 Å². The van der Waals surface area contributed by atoms with Gasteiger partial charge in [0.15, 0.2) is 0 Å². The standard InChI is InChI=1S/C15H25BrN2/c1-12(2)10-17-11-13(3)18-9-8-14-4-6-15(16)7-5-14/h4-7,12-13,17-18H,8-11H2,1-3H3. The Hall–Kier alpha value is -0.380. The molecule has 0 heterocycles. The maximum Gasteiger partial charge on any atom is 0.0175 e. The van der Waals surface area contributed by atoms with E-state index >= 15 is 0 Å². The predicted molar refractivity (Wildman–Crippen MR) is 83.0 cm³/mol. The summed E-state index contributed by atoms with van der Waals surface area (Å²) in [6.07, 6.45) is 1.09. The van der Waals surface area contributed by atoms with Crippen molar-refractivity contribution in [3.8, 4) is 0 Å². The molecule has 0 fully saturated rings. The van der Waals surface area contributed by atoms with Crippen molar-refractivity contribution in [2.24, 2.45) is 5.92 Å². The maximum absolute atomic E-state index is 3.55. The van der Waals surface area contributed by atoms with Crippen molar-refractivity contribution in [2.45, 2.75) is 33.2 Å². The zero-order chi connectivity index (χ0) is 13.4. The van der Waals surface area contributed by atoms with Crippen molar-refractivity contribution in [1.29, 1.82) is 0 Å². The van der Waals surface area contributed by atoms with E-state index in [2.05, 4.69) is 71.6 Å². The summed E-state index contributed by atoms with van der Waals surface area (Å²) >= 11 is 3.45. The smallest absolute Gasteiger partial charge is 0.0175 e. The molecule has 1 aromatic rings. The summed E-state index contributed by atoms with van der Waals surface area (Å²) in [5.74, 6) is 0.722. The van der Waals surface area contributed by atoms with E-state index in [4.69, 9.17) is 0 Å². The fraction of sp³-hybridized carbons (Fsp3) is 0.600. The third kappa shape index (κ3) is 7.14. The molecule has 1 rings (SSSR count). The summed E-state index contributed by atoms with van der Waals surface area (Å²) in [5, 5.41) is 7.02. The number of hydrogen-bond donors (Lipinski definition) is 2. The lowest BCUT2D eigenvalue weighted by molar-refractivity contribution is 0.474. The molecule has 1 aromatic carbocycles. The van der Waals surface area contributed by atoms with Crippen LogP contribution in [0.3, 0.4) is 0 Å². The van der Waals surface area contributed by atoms with Gasteiger partial charge in [0.2, 0.25) is 0 Å². The van der Waals surface area contributed by atoms with Crippen LogP contribution in [0.5, 0.6) is 0 Å². The molecule has 0 aliphatic carbocycles. The molecule has 3 heteroatoms. The molecule has 0 bridgehead atoms. The largest absolute Gasteiger partial charge is 0.315 e. The zero-order valence-corrected chi connectivity index (χ0v) is 13.3. The molecule has 0 aromatic heterocycles. The van der Waals surface area contributed by atoms with Crippen LogP contribution >= 0.6 is 15.9 Å². The second kappa shape index (κ2) is 8.68. The van der Waals surface area contributed by atoms with Crippen molar-refractivity contribution >= 4 is 15.9 Å². The summed E-state index contributed by atoms with van der Waals surface area (Å²) in [5.41, 5.74) is 1.38. The molecular weight excluding hydrogens is 288 g/mol. The highest BCUT2D eigenvalue weighted by molar-refractivity contribution is 9.10. The van der Waals surface area contributed by atoms with Gasteiger partial charge in [-0.2, -0.15) is 0 Å². The summed E-state index contributed by atoms with van der Waals surface area (Å²) < 4.78 is 1.14. The van der Waals surface area contributed by atoms with Gasteiger partial charge in [-0.25, -0.2) is 0 Å². The van der Waals surface area contributed by atoms with Gasteiger partial charge in [-0.1, -0.05) is 41.9 Å². The van der Waals surface area contributed by atoms with E-state index in [1.807, 2.05) is 0 Å². The van der Waals surface area contributed by atoms with Gasteiger partial charge in [0.05, 0.1) is 0 Å². The molecule has 102 valence electrons. The Labute approximate surface area is 120 Å². The van der Waals surface area contributed by atoms with Crippen LogP contribution in [0, 0.1) is 5.92 Å². The molecule has 2 N–H and O–H groups in total. The minimum absolute atomic E-state index is 0.527. The van der Waals surface area contributed by atoms with Crippen molar-refractivity contribution in [1.82, 2.24) is 10.6 Å². The Morgan fingerprint density at radius 2 is 1.72 bits per heavy atom. The molecule has 2 nitrogen and oxygen atoms in total. The number of rotatable bonds is 8. The lowest BCUT2D eigenvalue weighted by Gasteiger charge is -2.15. The van der Waals surface area contributed by atoms with Crippen molar-refractivity contribution in [2.75, 3.05) is 19.6 Å². The third-order valence-electron chi connectivity index (χ3n) is 2.82. The molecule has 0 saturated carbocycles. The van der Waals surface area contributed by atoms with Crippen molar-refractivity contribution < 1.29 is 0 Å². The minimum atomic E-state index is 0.527. The van der Waals surface area contributed by atoms with Crippen molar-refractivity contribution in [3.63, 3.8) is 0 Å². The van der Waals surface area contributed by atoms with Crippen LogP contribution in [-0.4, -0.2) is 25.7 Å². The number of benzene rings is 1. The highest BCUT2D eigenvalue weighted by Gasteiger charge is 2.01. The fourth-order valence-corrected chi connectivity index (χ4v) is 2.04. The lowest BCUT2D eigenvalue weighted by atomic mass is 10.1. The Balaban J connectivity index is 2.11. The van der Waals surface area contributed by atoms with Crippen LogP contribution in [0.15, 0.2) is 28.7 Å². The first kappa shape index (κ1) is 15.7. The van der Waals surface area contributed by atoms with E-state index in [0.717, 1.165) is 36.4 Å². The molecule has 0 amide bonds. The van der Waals surface area contributed by atoms with Crippen LogP contribution < -0.4 is 10.6 Å². The number of halogens is 1. The van der Waals surface area contributed by atoms with Crippen molar-refractivity contribution in [3.05, 3.63) is 34.3 Å². The second-order valence-corrected chi connectivity index (χ2v) is 6.20. The molecular formula is C15H25BrN2. The monoisotopic (exact) mass is 312 g/mol. The van der Waals surface area contributed by atoms with Gasteiger partial charge in [0.25, 0.3) is 0 Å². The summed E-state index contributed by atoms with van der Waals surface area (Å²) in [6.45, 7) is 9.87. The SMILES string of the molecule is CC(C)CNCC(C)NCCc1ccc(Br)cc1. The molecule has 0 saturated heterocycles. The molecule has 1 atom stereocenters. The van der Waals surface area contributed by atoms with Crippen LogP contribution in [-0.2, 0) is 6.42 Å². The number of nitrogens with one attached hydrogen (secondary N) is 2. The van der Waals surface area contributed by atoms with Gasteiger partial charge in [0.1, 0.15) is 0 Å². The zero-order valence-electron chi connectivity index (χ0n) is 11.7. The Morgan fingerprint density at radius 1 is 1.06 bits per heavy atom. The average Bonchev–Trinajstić information content (AvgIpc) is 2.31. The topological polar surface area (TPSA) is 24.1 Å². The Kier molecular flexibility index (Phi) is 7.56. The van der Waals surface area contributed by atoms with E-state index in [1.54, 1.807) is 0 Å². The Bertz CT molecular complexity index is 322. The highest BCUT2D eigenvalue weighted by Crippen LogP contribution is 2.10. The molecule has 0 aliphatic rings. The first-order chi connectivity index (χ1) is 8.58. The average molecular weight is 313 g/mol. The lowest BCUT2D eigenvalue weighted by Crippen LogP contribution is -2.38. The Morgan fingerprint density at radius 3 is 2.33 bits per heavy atom. The minimum Gasteiger partial charge on any atom is -0.315 e. The third-order valence-corrected chi connectivity index (χ3v) is 3.35. The number of hydrogen-bond acceptors (Lipinski definition) is 2. The second-order valence-electron chi connectivity index (χ2n) is 5.28. The highest BCUT2D eigenvalue weighted by atomic mass is 79.9. The first-order valence-corrected chi connectivity index (χ1v) is 7.55. The van der Waals surface area contributed by atoms with Gasteiger partial charge in [0, 0.05) is 17.1 Å². The molecule has 0 spiro atoms. The van der Waals surface area contributed by atoms with E-state index < -0.39 is 0 Å². The van der Waals surface area contributed by atoms with Crippen LogP contribution in [0.1, 0.15) is 26.3 Å². The first-order valence-electron chi connectivity index (χ1n) is 6.76. The summed E-state index contributed by atoms with van der Waals surface area (Å²) in [4.78, 5) is 0. The van der Waals surface area contributed by atoms with Gasteiger partial charge in [-0.05, 0) is 50.0 Å². The quantitative estimate of drug-likeness (QED) is 0.770. The van der Waals surface area contributed by atoms with Crippen LogP contribution in [0.4, 0.5) is 0 Å². The maximum atomic E-state index is 3.55. The van der Waals surface area contributed by atoms with E-state index in [-0.39, 0.29) is 0 Å². The summed E-state index contributed by atoms with van der Waals surface area (Å²) in [6, 6.07) is 9.08. The van der Waals surface area contributed by atoms with E-state index in [9.17, 15) is 0 Å². The van der Waals surface area contributed by atoms with Gasteiger partial charge in [-0.15, -0.1) is 0 Å². The molecule has 0 radical (unpaired) electrons. The summed E-state index contributed by atoms with van der Waals surface area (Å²) in [7, 11) is 0. The normalized spacial score (nSPS) is 12.9. The van der Waals surface area contributed by atoms with Gasteiger partial charge in [-0.3, -0.25) is 0 Å². The van der Waals surface area contributed by atoms with Crippen LogP contribution in [0.2, 0.25) is 0 Å². The molecule has 1 unspecified atom stereocenters. The van der Waals surface area contributed by atoms with E-state index in [1.165, 1.54) is 5.56 Å². The molecule has 0 aliphatic heterocycles.